The van der Waals surface area contributed by atoms with E-state index in [9.17, 15) is 14.4 Å². The first-order valence-electron chi connectivity index (χ1n) is 9.48. The van der Waals surface area contributed by atoms with Crippen LogP contribution in [-0.4, -0.2) is 60.7 Å². The molecule has 3 heterocycles. The standard InChI is InChI=1S/C20H25N3O4/c1-22-6-4-20(5-7-22)12-27-17-10-14-13(9-15(17)20)11-23(19(14)26)16(18(21)25)3-2-8-24/h8-10,16H,2-7,11-12H2,1H3,(H2,21,25). The molecule has 7 heteroatoms. The third kappa shape index (κ3) is 2.90. The predicted octanol–water partition coefficient (Wildman–Crippen LogP) is 0.831. The smallest absolute Gasteiger partial charge is 0.255 e. The fraction of sp³-hybridized carbons (Fsp3) is 0.550. The van der Waals surface area contributed by atoms with E-state index in [2.05, 4.69) is 18.0 Å². The van der Waals surface area contributed by atoms with Crippen molar-refractivity contribution in [1.29, 1.82) is 0 Å². The highest BCUT2D eigenvalue weighted by molar-refractivity contribution is 6.01. The highest BCUT2D eigenvalue weighted by Crippen LogP contribution is 2.47. The summed E-state index contributed by atoms with van der Waals surface area (Å²) < 4.78 is 5.98. The van der Waals surface area contributed by atoms with E-state index in [1.54, 1.807) is 0 Å². The molecule has 2 N–H and O–H groups in total. The van der Waals surface area contributed by atoms with Crippen LogP contribution in [0.4, 0.5) is 0 Å². The summed E-state index contributed by atoms with van der Waals surface area (Å²) in [6.07, 6.45) is 3.28. The Kier molecular flexibility index (Phi) is 4.42. The molecule has 0 bridgehead atoms. The van der Waals surface area contributed by atoms with Crippen LogP contribution < -0.4 is 10.5 Å². The molecule has 3 aliphatic rings. The molecule has 1 spiro atoms. The van der Waals surface area contributed by atoms with Gasteiger partial charge in [0, 0.05) is 29.5 Å². The summed E-state index contributed by atoms with van der Waals surface area (Å²) in [5.41, 5.74) is 8.20. The van der Waals surface area contributed by atoms with Gasteiger partial charge in [-0.25, -0.2) is 0 Å². The van der Waals surface area contributed by atoms with Gasteiger partial charge in [-0.3, -0.25) is 9.59 Å². The predicted molar refractivity (Wildman–Crippen MR) is 98.5 cm³/mol. The van der Waals surface area contributed by atoms with Crippen LogP contribution in [0, 0.1) is 0 Å². The lowest BCUT2D eigenvalue weighted by atomic mass is 9.74. The SMILES string of the molecule is CN1CCC2(CC1)COc1cc3c(cc12)CN(C(CCC=O)C(N)=O)C3=O. The fourth-order valence-electron chi connectivity index (χ4n) is 4.58. The Morgan fingerprint density at radius 2 is 2.11 bits per heavy atom. The number of nitrogens with zero attached hydrogens (tertiary/aromatic N) is 2. The highest BCUT2D eigenvalue weighted by atomic mass is 16.5. The second-order valence-electron chi connectivity index (χ2n) is 7.97. The number of aldehydes is 1. The van der Waals surface area contributed by atoms with E-state index in [4.69, 9.17) is 10.5 Å². The Hall–Kier alpha value is -2.41. The second-order valence-corrected chi connectivity index (χ2v) is 7.97. The van der Waals surface area contributed by atoms with Gasteiger partial charge in [-0.15, -0.1) is 0 Å². The topological polar surface area (TPSA) is 92.9 Å². The summed E-state index contributed by atoms with van der Waals surface area (Å²) in [5, 5.41) is 0. The van der Waals surface area contributed by atoms with Gasteiger partial charge in [-0.1, -0.05) is 0 Å². The number of fused-ring (bicyclic) bond motifs is 3. The van der Waals surface area contributed by atoms with E-state index in [1.165, 1.54) is 10.5 Å². The number of rotatable bonds is 5. The molecule has 1 saturated heterocycles. The van der Waals surface area contributed by atoms with Crippen LogP contribution >= 0.6 is 0 Å². The Balaban J connectivity index is 1.64. The molecule has 144 valence electrons. The van der Waals surface area contributed by atoms with E-state index >= 15 is 0 Å². The maximum absolute atomic E-state index is 12.9. The Labute approximate surface area is 158 Å². The number of benzene rings is 1. The van der Waals surface area contributed by atoms with E-state index in [0.29, 0.717) is 18.7 Å². The molecule has 0 aliphatic carbocycles. The van der Waals surface area contributed by atoms with Gasteiger partial charge in [0.15, 0.2) is 0 Å². The van der Waals surface area contributed by atoms with Crippen molar-refractivity contribution in [1.82, 2.24) is 9.80 Å². The minimum absolute atomic E-state index is 0.0218. The molecule has 0 aromatic heterocycles. The molecule has 2 amide bonds. The van der Waals surface area contributed by atoms with Crippen molar-refractivity contribution in [3.8, 4) is 5.75 Å². The lowest BCUT2D eigenvalue weighted by Gasteiger charge is -2.36. The number of carbonyl (C=O) groups is 3. The molecule has 3 aliphatic heterocycles. The van der Waals surface area contributed by atoms with Crippen molar-refractivity contribution < 1.29 is 19.1 Å². The Bertz CT molecular complexity index is 799. The molecule has 4 rings (SSSR count). The number of likely N-dealkylation sites (tertiary alicyclic amines) is 1. The average molecular weight is 371 g/mol. The van der Waals surface area contributed by atoms with Gasteiger partial charge in [-0.2, -0.15) is 0 Å². The van der Waals surface area contributed by atoms with Crippen molar-refractivity contribution in [3.05, 3.63) is 28.8 Å². The van der Waals surface area contributed by atoms with Gasteiger partial charge in [0.25, 0.3) is 5.91 Å². The molecule has 0 saturated carbocycles. The normalized spacial score (nSPS) is 21.7. The molecule has 1 aromatic rings. The van der Waals surface area contributed by atoms with Crippen LogP contribution in [-0.2, 0) is 21.5 Å². The van der Waals surface area contributed by atoms with Crippen LogP contribution in [0.15, 0.2) is 12.1 Å². The fourth-order valence-corrected chi connectivity index (χ4v) is 4.58. The first-order chi connectivity index (χ1) is 12.9. The monoisotopic (exact) mass is 371 g/mol. The first kappa shape index (κ1) is 18.0. The largest absolute Gasteiger partial charge is 0.492 e. The molecule has 1 atom stereocenters. The molecule has 1 aromatic carbocycles. The summed E-state index contributed by atoms with van der Waals surface area (Å²) in [7, 11) is 2.13. The van der Waals surface area contributed by atoms with E-state index in [1.807, 2.05) is 6.07 Å². The van der Waals surface area contributed by atoms with Gasteiger partial charge in [0.2, 0.25) is 5.91 Å². The summed E-state index contributed by atoms with van der Waals surface area (Å²) in [4.78, 5) is 39.3. The average Bonchev–Trinajstić information content (AvgIpc) is 3.15. The third-order valence-corrected chi connectivity index (χ3v) is 6.32. The van der Waals surface area contributed by atoms with Gasteiger partial charge >= 0.3 is 0 Å². The van der Waals surface area contributed by atoms with Gasteiger partial charge in [-0.05, 0) is 57.1 Å². The van der Waals surface area contributed by atoms with Crippen LogP contribution in [0.5, 0.6) is 5.75 Å². The molecule has 1 fully saturated rings. The third-order valence-electron chi connectivity index (χ3n) is 6.32. The summed E-state index contributed by atoms with van der Waals surface area (Å²) in [6, 6.07) is 3.17. The highest BCUT2D eigenvalue weighted by Gasteiger charge is 2.45. The van der Waals surface area contributed by atoms with E-state index in [-0.39, 0.29) is 24.2 Å². The quantitative estimate of drug-likeness (QED) is 0.774. The molecule has 27 heavy (non-hydrogen) atoms. The lowest BCUT2D eigenvalue weighted by molar-refractivity contribution is -0.122. The number of amides is 2. The van der Waals surface area contributed by atoms with Crippen LogP contribution in [0.25, 0.3) is 0 Å². The van der Waals surface area contributed by atoms with Crippen molar-refractivity contribution in [2.24, 2.45) is 5.73 Å². The molecular weight excluding hydrogens is 346 g/mol. The number of carbonyl (C=O) groups excluding carboxylic acids is 3. The Morgan fingerprint density at radius 1 is 1.37 bits per heavy atom. The van der Waals surface area contributed by atoms with E-state index < -0.39 is 11.9 Å². The minimum Gasteiger partial charge on any atom is -0.492 e. The Morgan fingerprint density at radius 3 is 2.78 bits per heavy atom. The number of hydrogen-bond donors (Lipinski definition) is 1. The maximum Gasteiger partial charge on any atom is 0.255 e. The molecule has 0 radical (unpaired) electrons. The summed E-state index contributed by atoms with van der Waals surface area (Å²) in [6.45, 7) is 3.07. The van der Waals surface area contributed by atoms with Crippen molar-refractivity contribution in [3.63, 3.8) is 0 Å². The molecule has 1 unspecified atom stereocenters. The van der Waals surface area contributed by atoms with Gasteiger partial charge in [0.05, 0.1) is 6.61 Å². The van der Waals surface area contributed by atoms with Crippen LogP contribution in [0.3, 0.4) is 0 Å². The van der Waals surface area contributed by atoms with Crippen LogP contribution in [0.2, 0.25) is 0 Å². The zero-order valence-corrected chi connectivity index (χ0v) is 15.6. The van der Waals surface area contributed by atoms with Gasteiger partial charge in [0.1, 0.15) is 18.1 Å². The zero-order valence-electron chi connectivity index (χ0n) is 15.6. The second kappa shape index (κ2) is 6.64. The first-order valence-corrected chi connectivity index (χ1v) is 9.48. The zero-order chi connectivity index (χ0) is 19.2. The number of piperidine rings is 1. The minimum atomic E-state index is -0.761. The lowest BCUT2D eigenvalue weighted by Crippen LogP contribution is -2.44. The summed E-state index contributed by atoms with van der Waals surface area (Å²) in [5.74, 6) is 0.000955. The van der Waals surface area contributed by atoms with Crippen LogP contribution in [0.1, 0.15) is 47.2 Å². The summed E-state index contributed by atoms with van der Waals surface area (Å²) >= 11 is 0. The maximum atomic E-state index is 12.9. The van der Waals surface area contributed by atoms with E-state index in [0.717, 1.165) is 43.5 Å². The molecular formula is C20H25N3O4. The molecule has 7 nitrogen and oxygen atoms in total. The van der Waals surface area contributed by atoms with Crippen molar-refractivity contribution in [2.75, 3.05) is 26.7 Å². The number of primary amides is 1. The van der Waals surface area contributed by atoms with Gasteiger partial charge < -0.3 is 25.1 Å². The van der Waals surface area contributed by atoms with Crippen molar-refractivity contribution in [2.45, 2.75) is 43.7 Å². The van der Waals surface area contributed by atoms with Crippen molar-refractivity contribution >= 4 is 18.1 Å². The number of hydrogen-bond acceptors (Lipinski definition) is 5. The number of nitrogens with two attached hydrogens (primary N) is 1. The number of ether oxygens (including phenoxy) is 1.